The van der Waals surface area contributed by atoms with Crippen molar-refractivity contribution in [3.8, 4) is 34.8 Å². The van der Waals surface area contributed by atoms with Crippen molar-refractivity contribution in [1.82, 2.24) is 4.90 Å². The van der Waals surface area contributed by atoms with Crippen molar-refractivity contribution in [2.75, 3.05) is 42.6 Å². The van der Waals surface area contributed by atoms with E-state index in [4.69, 9.17) is 23.7 Å². The Balaban J connectivity index is 1.87. The summed E-state index contributed by atoms with van der Waals surface area (Å²) in [6.45, 7) is 5.14. The zero-order valence-electron chi connectivity index (χ0n) is 24.3. The summed E-state index contributed by atoms with van der Waals surface area (Å²) in [4.78, 5) is 2.39. The lowest BCUT2D eigenvalue weighted by molar-refractivity contribution is 0.188. The van der Waals surface area contributed by atoms with E-state index in [1.807, 2.05) is 18.2 Å². The molecule has 1 aliphatic heterocycles. The average molecular weight is 525 g/mol. The first-order valence-electron chi connectivity index (χ1n) is 13.5. The smallest absolute Gasteiger partial charge is 0.203 e. The standard InChI is InChI=1S/C31H44N2O5/c1-9-22(10-2)31(20-32,23-13-14-26(34-4)27(18-23)35-5)15-11-12-24-16-21-17-28(36-6)30(38-8)29(37-7)25(21)19-33(24)3/h13-14,17-18,22,24H,9-12,15-16,19H2,1-8H3. The van der Waals surface area contributed by atoms with E-state index >= 15 is 0 Å². The molecule has 38 heavy (non-hydrogen) atoms. The van der Waals surface area contributed by atoms with Gasteiger partial charge >= 0.3 is 0 Å². The summed E-state index contributed by atoms with van der Waals surface area (Å²) in [7, 11) is 10.4. The summed E-state index contributed by atoms with van der Waals surface area (Å²) < 4.78 is 28.0. The van der Waals surface area contributed by atoms with E-state index in [2.05, 4.69) is 37.9 Å². The quantitative estimate of drug-likeness (QED) is 0.311. The van der Waals surface area contributed by atoms with Crippen LogP contribution in [0, 0.1) is 17.2 Å². The van der Waals surface area contributed by atoms with Gasteiger partial charge in [0.15, 0.2) is 23.0 Å². The Bertz CT molecular complexity index is 1120. The fourth-order valence-corrected chi connectivity index (χ4v) is 6.24. The maximum Gasteiger partial charge on any atom is 0.203 e. The Morgan fingerprint density at radius 3 is 2.13 bits per heavy atom. The van der Waals surface area contributed by atoms with Crippen LogP contribution in [0.4, 0.5) is 0 Å². The van der Waals surface area contributed by atoms with Gasteiger partial charge in [0, 0.05) is 18.2 Å². The third-order valence-corrected chi connectivity index (χ3v) is 8.40. The van der Waals surface area contributed by atoms with Crippen molar-refractivity contribution in [3.63, 3.8) is 0 Å². The highest BCUT2D eigenvalue weighted by atomic mass is 16.5. The number of nitrogens with zero attached hydrogens (tertiary/aromatic N) is 2. The van der Waals surface area contributed by atoms with Crippen LogP contribution >= 0.6 is 0 Å². The highest BCUT2D eigenvalue weighted by Gasteiger charge is 2.40. The highest BCUT2D eigenvalue weighted by Crippen LogP contribution is 2.46. The number of hydrogen-bond donors (Lipinski definition) is 0. The van der Waals surface area contributed by atoms with Gasteiger partial charge in [-0.15, -0.1) is 0 Å². The molecular formula is C31H44N2O5. The Kier molecular flexibility index (Phi) is 10.2. The molecule has 2 aromatic rings. The molecule has 7 heteroatoms. The van der Waals surface area contributed by atoms with Gasteiger partial charge in [0.1, 0.15) is 0 Å². The Morgan fingerprint density at radius 1 is 0.921 bits per heavy atom. The SMILES string of the molecule is CCC(CC)C(C#N)(CCCC1Cc2cc(OC)c(OC)c(OC)c2CN1C)c1ccc(OC)c(OC)c1. The van der Waals surface area contributed by atoms with Crippen LogP contribution in [0.25, 0.3) is 0 Å². The van der Waals surface area contributed by atoms with Gasteiger partial charge in [-0.25, -0.2) is 0 Å². The summed E-state index contributed by atoms with van der Waals surface area (Å²) in [5.74, 6) is 3.67. The van der Waals surface area contributed by atoms with Gasteiger partial charge in [0.05, 0.1) is 47.0 Å². The number of ether oxygens (including phenoxy) is 5. The van der Waals surface area contributed by atoms with Crippen molar-refractivity contribution in [2.24, 2.45) is 5.92 Å². The molecule has 0 amide bonds. The van der Waals surface area contributed by atoms with Crippen LogP contribution in [0.3, 0.4) is 0 Å². The van der Waals surface area contributed by atoms with Gasteiger partial charge in [-0.05, 0) is 68.0 Å². The van der Waals surface area contributed by atoms with Gasteiger partial charge in [0.25, 0.3) is 0 Å². The van der Waals surface area contributed by atoms with Crippen molar-refractivity contribution >= 4 is 0 Å². The van der Waals surface area contributed by atoms with Gasteiger partial charge in [-0.1, -0.05) is 32.8 Å². The molecule has 3 rings (SSSR count). The normalized spacial score (nSPS) is 16.8. The number of hydrogen-bond acceptors (Lipinski definition) is 7. The van der Waals surface area contributed by atoms with E-state index in [-0.39, 0.29) is 5.92 Å². The molecule has 0 N–H and O–H groups in total. The molecule has 0 saturated heterocycles. The first-order chi connectivity index (χ1) is 18.4. The summed E-state index contributed by atoms with van der Waals surface area (Å²) in [6, 6.07) is 11.2. The third-order valence-electron chi connectivity index (χ3n) is 8.40. The lowest BCUT2D eigenvalue weighted by atomic mass is 9.66. The number of benzene rings is 2. The minimum Gasteiger partial charge on any atom is -0.493 e. The monoisotopic (exact) mass is 524 g/mol. The Labute approximate surface area is 228 Å². The van der Waals surface area contributed by atoms with Crippen molar-refractivity contribution in [1.29, 1.82) is 5.26 Å². The van der Waals surface area contributed by atoms with Crippen LogP contribution in [0.15, 0.2) is 24.3 Å². The molecule has 0 fully saturated rings. The molecule has 0 aliphatic carbocycles. The number of fused-ring (bicyclic) bond motifs is 1. The number of rotatable bonds is 13. The molecule has 2 aromatic carbocycles. The van der Waals surface area contributed by atoms with Crippen LogP contribution < -0.4 is 23.7 Å². The molecule has 1 heterocycles. The van der Waals surface area contributed by atoms with Crippen LogP contribution in [-0.4, -0.2) is 53.5 Å². The summed E-state index contributed by atoms with van der Waals surface area (Å²) in [5, 5.41) is 10.7. The summed E-state index contributed by atoms with van der Waals surface area (Å²) in [5.41, 5.74) is 2.80. The van der Waals surface area contributed by atoms with E-state index in [0.29, 0.717) is 29.0 Å². The van der Waals surface area contributed by atoms with Gasteiger partial charge in [-0.2, -0.15) is 5.26 Å². The van der Waals surface area contributed by atoms with Crippen molar-refractivity contribution in [3.05, 3.63) is 41.0 Å². The van der Waals surface area contributed by atoms with E-state index in [1.54, 1.807) is 35.5 Å². The predicted octanol–water partition coefficient (Wildman–Crippen LogP) is 6.15. The van der Waals surface area contributed by atoms with Crippen molar-refractivity contribution in [2.45, 2.75) is 70.4 Å². The molecule has 0 aromatic heterocycles. The number of methoxy groups -OCH3 is 5. The molecule has 0 saturated carbocycles. The van der Waals surface area contributed by atoms with Crippen molar-refractivity contribution < 1.29 is 23.7 Å². The predicted molar refractivity (Wildman–Crippen MR) is 150 cm³/mol. The molecule has 7 nitrogen and oxygen atoms in total. The fraction of sp³-hybridized carbons (Fsp3) is 0.581. The Hall–Kier alpha value is -3.11. The first-order valence-corrected chi connectivity index (χ1v) is 13.5. The molecular weight excluding hydrogens is 480 g/mol. The minimum absolute atomic E-state index is 0.247. The minimum atomic E-state index is -0.589. The molecule has 2 atom stereocenters. The summed E-state index contributed by atoms with van der Waals surface area (Å²) in [6.07, 6.45) is 5.49. The molecule has 0 bridgehead atoms. The molecule has 2 unspecified atom stereocenters. The van der Waals surface area contributed by atoms with E-state index in [9.17, 15) is 5.26 Å². The molecule has 208 valence electrons. The zero-order valence-corrected chi connectivity index (χ0v) is 24.3. The maximum absolute atomic E-state index is 10.7. The first kappa shape index (κ1) is 29.4. The number of likely N-dealkylation sites (N-methyl/N-ethyl adjacent to an activating group) is 1. The van der Waals surface area contributed by atoms with E-state index < -0.39 is 5.41 Å². The van der Waals surface area contributed by atoms with Gasteiger partial charge in [-0.3, -0.25) is 4.90 Å². The number of nitriles is 1. The largest absolute Gasteiger partial charge is 0.493 e. The maximum atomic E-state index is 10.7. The average Bonchev–Trinajstić information content (AvgIpc) is 2.95. The second-order valence-corrected chi connectivity index (χ2v) is 10.1. The second kappa shape index (κ2) is 13.1. The van der Waals surface area contributed by atoms with Gasteiger partial charge in [0.2, 0.25) is 5.75 Å². The summed E-state index contributed by atoms with van der Waals surface area (Å²) >= 11 is 0. The lowest BCUT2D eigenvalue weighted by Gasteiger charge is -2.38. The lowest BCUT2D eigenvalue weighted by Crippen LogP contribution is -2.38. The van der Waals surface area contributed by atoms with E-state index in [0.717, 1.165) is 61.9 Å². The molecule has 0 radical (unpaired) electrons. The van der Waals surface area contributed by atoms with Crippen LogP contribution in [0.1, 0.15) is 62.6 Å². The zero-order chi connectivity index (χ0) is 27.9. The van der Waals surface area contributed by atoms with Crippen LogP contribution in [0.2, 0.25) is 0 Å². The topological polar surface area (TPSA) is 73.2 Å². The molecule has 1 aliphatic rings. The van der Waals surface area contributed by atoms with Crippen LogP contribution in [0.5, 0.6) is 28.7 Å². The molecule has 0 spiro atoms. The fourth-order valence-electron chi connectivity index (χ4n) is 6.24. The van der Waals surface area contributed by atoms with Crippen LogP contribution in [-0.2, 0) is 18.4 Å². The highest BCUT2D eigenvalue weighted by molar-refractivity contribution is 5.60. The van der Waals surface area contributed by atoms with Gasteiger partial charge < -0.3 is 23.7 Å². The second-order valence-electron chi connectivity index (χ2n) is 10.1. The third kappa shape index (κ3) is 5.51. The Morgan fingerprint density at radius 2 is 1.58 bits per heavy atom. The van der Waals surface area contributed by atoms with E-state index in [1.165, 1.54) is 5.56 Å².